The van der Waals surface area contributed by atoms with Crippen molar-refractivity contribution in [1.29, 1.82) is 0 Å². The SMILES string of the molecule is Cc1ccc(-c2cnn(C)c2)cc1. The van der Waals surface area contributed by atoms with Gasteiger partial charge in [-0.25, -0.2) is 0 Å². The van der Waals surface area contributed by atoms with Crippen LogP contribution in [-0.4, -0.2) is 9.78 Å². The highest BCUT2D eigenvalue weighted by atomic mass is 15.2. The van der Waals surface area contributed by atoms with Crippen molar-refractivity contribution in [2.75, 3.05) is 0 Å². The van der Waals surface area contributed by atoms with E-state index in [4.69, 9.17) is 0 Å². The summed E-state index contributed by atoms with van der Waals surface area (Å²) in [5.41, 5.74) is 3.67. The van der Waals surface area contributed by atoms with Gasteiger partial charge in [0.25, 0.3) is 0 Å². The molecule has 0 aliphatic rings. The quantitative estimate of drug-likeness (QED) is 0.645. The largest absolute Gasteiger partial charge is 0.275 e. The maximum atomic E-state index is 4.13. The molecule has 2 rings (SSSR count). The van der Waals surface area contributed by atoms with Crippen LogP contribution in [-0.2, 0) is 7.05 Å². The number of benzene rings is 1. The van der Waals surface area contributed by atoms with E-state index in [0.717, 1.165) is 0 Å². The molecular weight excluding hydrogens is 160 g/mol. The van der Waals surface area contributed by atoms with Crippen molar-refractivity contribution in [1.82, 2.24) is 9.78 Å². The molecule has 2 aromatic rings. The minimum atomic E-state index is 1.17. The Labute approximate surface area is 77.8 Å². The van der Waals surface area contributed by atoms with E-state index in [2.05, 4.69) is 36.3 Å². The summed E-state index contributed by atoms with van der Waals surface area (Å²) >= 11 is 0. The molecule has 0 fully saturated rings. The van der Waals surface area contributed by atoms with Crippen molar-refractivity contribution in [3.8, 4) is 11.1 Å². The first-order chi connectivity index (χ1) is 6.25. The van der Waals surface area contributed by atoms with Gasteiger partial charge in [-0.05, 0) is 12.5 Å². The van der Waals surface area contributed by atoms with Gasteiger partial charge in [0.2, 0.25) is 0 Å². The van der Waals surface area contributed by atoms with E-state index < -0.39 is 0 Å². The molecule has 0 aliphatic heterocycles. The molecule has 1 aromatic carbocycles. The molecule has 0 saturated carbocycles. The van der Waals surface area contributed by atoms with Gasteiger partial charge >= 0.3 is 0 Å². The third kappa shape index (κ3) is 1.61. The Bertz CT molecular complexity index is 398. The minimum Gasteiger partial charge on any atom is -0.275 e. The molecule has 0 amide bonds. The van der Waals surface area contributed by atoms with Crippen molar-refractivity contribution in [3.63, 3.8) is 0 Å². The molecular formula is C11H12N2. The molecule has 13 heavy (non-hydrogen) atoms. The Hall–Kier alpha value is -1.57. The van der Waals surface area contributed by atoms with Gasteiger partial charge in [-0.1, -0.05) is 29.8 Å². The van der Waals surface area contributed by atoms with E-state index in [-0.39, 0.29) is 0 Å². The molecule has 0 N–H and O–H groups in total. The smallest absolute Gasteiger partial charge is 0.0568 e. The Morgan fingerprint density at radius 3 is 2.31 bits per heavy atom. The van der Waals surface area contributed by atoms with Crippen LogP contribution in [0, 0.1) is 6.92 Å². The van der Waals surface area contributed by atoms with Crippen molar-refractivity contribution in [3.05, 3.63) is 42.2 Å². The first-order valence-corrected chi connectivity index (χ1v) is 4.31. The van der Waals surface area contributed by atoms with E-state index in [1.54, 1.807) is 0 Å². The normalized spacial score (nSPS) is 10.3. The highest BCUT2D eigenvalue weighted by molar-refractivity contribution is 5.61. The van der Waals surface area contributed by atoms with Gasteiger partial charge < -0.3 is 0 Å². The lowest BCUT2D eigenvalue weighted by atomic mass is 10.1. The molecule has 1 heterocycles. The lowest BCUT2D eigenvalue weighted by molar-refractivity contribution is 0.768. The lowest BCUT2D eigenvalue weighted by Crippen LogP contribution is -1.84. The molecule has 0 saturated heterocycles. The third-order valence-corrected chi connectivity index (χ3v) is 2.09. The van der Waals surface area contributed by atoms with Crippen LogP contribution in [0.25, 0.3) is 11.1 Å². The Morgan fingerprint density at radius 2 is 1.77 bits per heavy atom. The van der Waals surface area contributed by atoms with Gasteiger partial charge in [0, 0.05) is 18.8 Å². The fourth-order valence-corrected chi connectivity index (χ4v) is 1.32. The van der Waals surface area contributed by atoms with E-state index in [1.165, 1.54) is 16.7 Å². The Balaban J connectivity index is 2.41. The maximum absolute atomic E-state index is 4.13. The van der Waals surface area contributed by atoms with Crippen LogP contribution in [0.2, 0.25) is 0 Å². The molecule has 2 nitrogen and oxygen atoms in total. The number of rotatable bonds is 1. The zero-order chi connectivity index (χ0) is 9.26. The molecule has 2 heteroatoms. The predicted molar refractivity (Wildman–Crippen MR) is 53.4 cm³/mol. The van der Waals surface area contributed by atoms with Crippen LogP contribution in [0.4, 0.5) is 0 Å². The molecule has 0 radical (unpaired) electrons. The summed E-state index contributed by atoms with van der Waals surface area (Å²) in [6.45, 7) is 2.09. The molecule has 0 aliphatic carbocycles. The van der Waals surface area contributed by atoms with Crippen molar-refractivity contribution >= 4 is 0 Å². The van der Waals surface area contributed by atoms with Crippen LogP contribution in [0.3, 0.4) is 0 Å². The van der Waals surface area contributed by atoms with E-state index in [1.807, 2.05) is 24.1 Å². The van der Waals surface area contributed by atoms with Crippen molar-refractivity contribution in [2.45, 2.75) is 6.92 Å². The number of aryl methyl sites for hydroxylation is 2. The summed E-state index contributed by atoms with van der Waals surface area (Å²) in [6.07, 6.45) is 3.90. The van der Waals surface area contributed by atoms with Crippen molar-refractivity contribution in [2.24, 2.45) is 7.05 Å². The summed E-state index contributed by atoms with van der Waals surface area (Å²) < 4.78 is 1.81. The lowest BCUT2D eigenvalue weighted by Gasteiger charge is -1.96. The number of hydrogen-bond donors (Lipinski definition) is 0. The van der Waals surface area contributed by atoms with Gasteiger partial charge in [0.1, 0.15) is 0 Å². The average molecular weight is 172 g/mol. The molecule has 0 bridgehead atoms. The van der Waals surface area contributed by atoms with E-state index in [0.29, 0.717) is 0 Å². The second-order valence-corrected chi connectivity index (χ2v) is 3.27. The topological polar surface area (TPSA) is 17.8 Å². The van der Waals surface area contributed by atoms with Crippen LogP contribution in [0.15, 0.2) is 36.7 Å². The van der Waals surface area contributed by atoms with Gasteiger partial charge in [-0.3, -0.25) is 4.68 Å². The number of nitrogens with zero attached hydrogens (tertiary/aromatic N) is 2. The van der Waals surface area contributed by atoms with Crippen LogP contribution in [0.1, 0.15) is 5.56 Å². The summed E-state index contributed by atoms with van der Waals surface area (Å²) in [5, 5.41) is 4.13. The third-order valence-electron chi connectivity index (χ3n) is 2.09. The summed E-state index contributed by atoms with van der Waals surface area (Å²) in [5.74, 6) is 0. The zero-order valence-corrected chi connectivity index (χ0v) is 7.86. The highest BCUT2D eigenvalue weighted by Crippen LogP contribution is 2.18. The fraction of sp³-hybridized carbons (Fsp3) is 0.182. The van der Waals surface area contributed by atoms with Gasteiger partial charge in [-0.2, -0.15) is 5.10 Å². The highest BCUT2D eigenvalue weighted by Gasteiger charge is 1.98. The summed E-state index contributed by atoms with van der Waals surface area (Å²) in [4.78, 5) is 0. The van der Waals surface area contributed by atoms with Crippen LogP contribution >= 0.6 is 0 Å². The van der Waals surface area contributed by atoms with E-state index >= 15 is 0 Å². The van der Waals surface area contributed by atoms with Crippen molar-refractivity contribution < 1.29 is 0 Å². The molecule has 0 spiro atoms. The van der Waals surface area contributed by atoms with Gasteiger partial charge in [-0.15, -0.1) is 0 Å². The molecule has 1 aromatic heterocycles. The molecule has 0 unspecified atom stereocenters. The van der Waals surface area contributed by atoms with Crippen LogP contribution in [0.5, 0.6) is 0 Å². The zero-order valence-electron chi connectivity index (χ0n) is 7.86. The monoisotopic (exact) mass is 172 g/mol. The first-order valence-electron chi connectivity index (χ1n) is 4.31. The van der Waals surface area contributed by atoms with Gasteiger partial charge in [0.15, 0.2) is 0 Å². The Kier molecular flexibility index (Phi) is 1.89. The van der Waals surface area contributed by atoms with Gasteiger partial charge in [0.05, 0.1) is 6.20 Å². The Morgan fingerprint density at radius 1 is 1.08 bits per heavy atom. The van der Waals surface area contributed by atoms with E-state index in [9.17, 15) is 0 Å². The molecule has 66 valence electrons. The first kappa shape index (κ1) is 8.05. The predicted octanol–water partition coefficient (Wildman–Crippen LogP) is 2.40. The molecule has 0 atom stereocenters. The number of aromatic nitrogens is 2. The maximum Gasteiger partial charge on any atom is 0.0568 e. The standard InChI is InChI=1S/C11H12N2/c1-9-3-5-10(6-4-9)11-7-12-13(2)8-11/h3-8H,1-2H3. The number of hydrogen-bond acceptors (Lipinski definition) is 1. The second kappa shape index (κ2) is 3.05. The summed E-state index contributed by atoms with van der Waals surface area (Å²) in [7, 11) is 1.93. The van der Waals surface area contributed by atoms with Crippen LogP contribution < -0.4 is 0 Å². The second-order valence-electron chi connectivity index (χ2n) is 3.27. The fourth-order valence-electron chi connectivity index (χ4n) is 1.32. The summed E-state index contributed by atoms with van der Waals surface area (Å²) in [6, 6.07) is 8.46. The average Bonchev–Trinajstić information content (AvgIpc) is 2.53. The minimum absolute atomic E-state index is 1.17.